The van der Waals surface area contributed by atoms with Gasteiger partial charge in [0.2, 0.25) is 0 Å². The quantitative estimate of drug-likeness (QED) is 0.778. The molecule has 0 amide bonds. The Morgan fingerprint density at radius 3 is 2.50 bits per heavy atom. The zero-order valence-corrected chi connectivity index (χ0v) is 10.6. The molecular formula is C9H14ClN3O2S. The highest BCUT2D eigenvalue weighted by molar-refractivity contribution is 7.89. The fraction of sp³-hybridized carbons (Fsp3) is 0.333. The van der Waals surface area contributed by atoms with Gasteiger partial charge in [0, 0.05) is 20.6 Å². The van der Waals surface area contributed by atoms with E-state index in [0.717, 1.165) is 5.56 Å². The normalized spacial score (nSPS) is 12.1. The molecule has 3 N–H and O–H groups in total. The first-order valence-electron chi connectivity index (χ1n) is 4.55. The van der Waals surface area contributed by atoms with E-state index in [1.165, 1.54) is 11.1 Å². The largest absolute Gasteiger partial charge is 0.326 e. The van der Waals surface area contributed by atoms with Gasteiger partial charge < -0.3 is 5.73 Å². The van der Waals surface area contributed by atoms with Gasteiger partial charge in [-0.25, -0.2) is 13.4 Å². The molecule has 0 radical (unpaired) electrons. The van der Waals surface area contributed by atoms with Gasteiger partial charge >= 0.3 is 0 Å². The molecule has 0 unspecified atom stereocenters. The molecule has 0 saturated carbocycles. The summed E-state index contributed by atoms with van der Waals surface area (Å²) in [6.07, 6.45) is 0. The molecule has 0 aliphatic heterocycles. The third-order valence-corrected chi connectivity index (χ3v) is 3.79. The van der Waals surface area contributed by atoms with Crippen molar-refractivity contribution in [2.24, 2.45) is 5.73 Å². The minimum absolute atomic E-state index is 0.0417. The summed E-state index contributed by atoms with van der Waals surface area (Å²) < 4.78 is 23.6. The highest BCUT2D eigenvalue weighted by Crippen LogP contribution is 2.22. The van der Waals surface area contributed by atoms with Crippen molar-refractivity contribution in [1.82, 2.24) is 9.84 Å². The number of hydrogen-bond donors (Lipinski definition) is 2. The molecular weight excluding hydrogens is 250 g/mol. The molecule has 0 atom stereocenters. The van der Waals surface area contributed by atoms with Crippen molar-refractivity contribution in [2.45, 2.75) is 11.4 Å². The number of nitrogens with one attached hydrogen (secondary N) is 1. The Balaban J connectivity index is 3.14. The van der Waals surface area contributed by atoms with Crippen LogP contribution in [0, 0.1) is 0 Å². The molecule has 0 aliphatic rings. The summed E-state index contributed by atoms with van der Waals surface area (Å²) in [4.78, 5) is 2.35. The first-order valence-corrected chi connectivity index (χ1v) is 6.41. The molecule has 7 heteroatoms. The molecule has 0 aromatic heterocycles. The second kappa shape index (κ2) is 5.11. The molecule has 16 heavy (non-hydrogen) atoms. The Labute approximate surface area is 100 Å². The van der Waals surface area contributed by atoms with Crippen molar-refractivity contribution in [3.63, 3.8) is 0 Å². The van der Waals surface area contributed by atoms with Crippen molar-refractivity contribution in [1.29, 1.82) is 0 Å². The highest BCUT2D eigenvalue weighted by Gasteiger charge is 2.18. The van der Waals surface area contributed by atoms with Crippen LogP contribution in [0.25, 0.3) is 0 Å². The van der Waals surface area contributed by atoms with Crippen LogP contribution in [0.5, 0.6) is 0 Å². The standard InChI is InChI=1S/C9H14ClN3O2S/c1-13(2)12-16(14,15)9-4-3-7(6-11)5-8(9)10/h3-5,12H,6,11H2,1-2H3. The molecule has 1 aromatic carbocycles. The second-order valence-corrected chi connectivity index (χ2v) is 5.49. The minimum atomic E-state index is -3.61. The average molecular weight is 264 g/mol. The molecule has 0 heterocycles. The number of benzene rings is 1. The van der Waals surface area contributed by atoms with Crippen LogP contribution in [-0.4, -0.2) is 27.5 Å². The summed E-state index contributed by atoms with van der Waals surface area (Å²) >= 11 is 5.88. The van der Waals surface area contributed by atoms with Crippen molar-refractivity contribution in [2.75, 3.05) is 14.1 Å². The van der Waals surface area contributed by atoms with E-state index in [2.05, 4.69) is 4.83 Å². The van der Waals surface area contributed by atoms with Crippen LogP contribution in [-0.2, 0) is 16.6 Å². The first-order chi connectivity index (χ1) is 7.36. The zero-order valence-electron chi connectivity index (χ0n) is 9.07. The molecule has 0 aliphatic carbocycles. The SMILES string of the molecule is CN(C)NS(=O)(=O)c1ccc(CN)cc1Cl. The molecule has 0 fully saturated rings. The molecule has 0 bridgehead atoms. The molecule has 90 valence electrons. The van der Waals surface area contributed by atoms with Gasteiger partial charge in [0.1, 0.15) is 4.90 Å². The van der Waals surface area contributed by atoms with E-state index in [0.29, 0.717) is 6.54 Å². The smallest absolute Gasteiger partial charge is 0.254 e. The Morgan fingerprint density at radius 1 is 1.44 bits per heavy atom. The monoisotopic (exact) mass is 263 g/mol. The van der Waals surface area contributed by atoms with E-state index in [9.17, 15) is 8.42 Å². The van der Waals surface area contributed by atoms with Gasteiger partial charge in [-0.05, 0) is 17.7 Å². The van der Waals surface area contributed by atoms with Crippen molar-refractivity contribution < 1.29 is 8.42 Å². The minimum Gasteiger partial charge on any atom is -0.326 e. The lowest BCUT2D eigenvalue weighted by Gasteiger charge is -2.13. The van der Waals surface area contributed by atoms with Gasteiger partial charge in [-0.1, -0.05) is 17.7 Å². The third kappa shape index (κ3) is 3.16. The summed E-state index contributed by atoms with van der Waals surface area (Å²) in [5.41, 5.74) is 6.21. The maximum absolute atomic E-state index is 11.8. The fourth-order valence-corrected chi connectivity index (χ4v) is 2.83. The predicted octanol–water partition coefficient (Wildman–Crippen LogP) is 0.554. The Hall–Kier alpha value is -0.660. The first kappa shape index (κ1) is 13.4. The molecule has 1 rings (SSSR count). The van der Waals surface area contributed by atoms with Crippen molar-refractivity contribution >= 4 is 21.6 Å². The fourth-order valence-electron chi connectivity index (χ4n) is 1.18. The van der Waals surface area contributed by atoms with Gasteiger partial charge in [-0.15, -0.1) is 4.83 Å². The Morgan fingerprint density at radius 2 is 2.06 bits per heavy atom. The Kier molecular flexibility index (Phi) is 4.28. The van der Waals surface area contributed by atoms with Gasteiger partial charge in [-0.3, -0.25) is 0 Å². The molecule has 0 saturated heterocycles. The maximum atomic E-state index is 11.8. The topological polar surface area (TPSA) is 75.4 Å². The number of rotatable bonds is 4. The highest BCUT2D eigenvalue weighted by atomic mass is 35.5. The van der Waals surface area contributed by atoms with Crippen LogP contribution >= 0.6 is 11.6 Å². The van der Waals surface area contributed by atoms with Crippen molar-refractivity contribution in [3.8, 4) is 0 Å². The van der Waals surface area contributed by atoms with E-state index in [1.54, 1.807) is 26.2 Å². The molecule has 1 aromatic rings. The van der Waals surface area contributed by atoms with Crippen molar-refractivity contribution in [3.05, 3.63) is 28.8 Å². The number of nitrogens with zero attached hydrogens (tertiary/aromatic N) is 1. The average Bonchev–Trinajstić information content (AvgIpc) is 2.14. The number of sulfonamides is 1. The lowest BCUT2D eigenvalue weighted by molar-refractivity contribution is 0.364. The van der Waals surface area contributed by atoms with E-state index in [4.69, 9.17) is 17.3 Å². The van der Waals surface area contributed by atoms with Gasteiger partial charge in [0.15, 0.2) is 0 Å². The van der Waals surface area contributed by atoms with Crippen LogP contribution in [0.1, 0.15) is 5.56 Å². The Bertz CT molecular complexity index is 474. The lowest BCUT2D eigenvalue weighted by Crippen LogP contribution is -2.36. The summed E-state index contributed by atoms with van der Waals surface area (Å²) in [6.45, 7) is 0.321. The summed E-state index contributed by atoms with van der Waals surface area (Å²) in [5, 5.41) is 1.50. The summed E-state index contributed by atoms with van der Waals surface area (Å²) in [6, 6.07) is 4.62. The van der Waals surface area contributed by atoms with Gasteiger partial charge in [0.25, 0.3) is 10.0 Å². The van der Waals surface area contributed by atoms with E-state index in [-0.39, 0.29) is 9.92 Å². The van der Waals surface area contributed by atoms with E-state index < -0.39 is 10.0 Å². The van der Waals surface area contributed by atoms with Gasteiger partial charge in [0.05, 0.1) is 5.02 Å². The molecule has 0 spiro atoms. The van der Waals surface area contributed by atoms with Crippen LogP contribution in [0.2, 0.25) is 5.02 Å². The summed E-state index contributed by atoms with van der Waals surface area (Å²) in [5.74, 6) is 0. The van der Waals surface area contributed by atoms with E-state index >= 15 is 0 Å². The predicted molar refractivity (Wildman–Crippen MR) is 63.4 cm³/mol. The maximum Gasteiger partial charge on any atom is 0.254 e. The number of nitrogens with two attached hydrogens (primary N) is 1. The molecule has 5 nitrogen and oxygen atoms in total. The lowest BCUT2D eigenvalue weighted by atomic mass is 10.2. The number of halogens is 1. The third-order valence-electron chi connectivity index (χ3n) is 1.82. The number of hydrazine groups is 1. The van der Waals surface area contributed by atoms with E-state index in [1.807, 2.05) is 0 Å². The second-order valence-electron chi connectivity index (χ2n) is 3.46. The zero-order chi connectivity index (χ0) is 12.3. The number of hydrogen-bond acceptors (Lipinski definition) is 4. The van der Waals surface area contributed by atoms with Crippen LogP contribution in [0.4, 0.5) is 0 Å². The van der Waals surface area contributed by atoms with Crippen LogP contribution in [0.15, 0.2) is 23.1 Å². The van der Waals surface area contributed by atoms with Crippen LogP contribution in [0.3, 0.4) is 0 Å². The van der Waals surface area contributed by atoms with Gasteiger partial charge in [-0.2, -0.15) is 0 Å². The summed E-state index contributed by atoms with van der Waals surface area (Å²) in [7, 11) is -0.446. The van der Waals surface area contributed by atoms with Crippen LogP contribution < -0.4 is 10.6 Å².